The molecule has 154 valence electrons. The molecule has 0 spiro atoms. The van der Waals surface area contributed by atoms with E-state index in [1.165, 1.54) is 0 Å². The monoisotopic (exact) mass is 405 g/mol. The van der Waals surface area contributed by atoms with Crippen molar-refractivity contribution in [2.24, 2.45) is 7.05 Å². The van der Waals surface area contributed by atoms with Crippen molar-refractivity contribution >= 4 is 27.6 Å². The molecule has 0 atom stereocenters. The van der Waals surface area contributed by atoms with E-state index in [9.17, 15) is 0 Å². The third-order valence-corrected chi connectivity index (χ3v) is 5.33. The lowest BCUT2D eigenvalue weighted by Gasteiger charge is -2.29. The molecule has 1 aliphatic rings. The second kappa shape index (κ2) is 7.89. The van der Waals surface area contributed by atoms with Gasteiger partial charge in [0.1, 0.15) is 11.6 Å². The fraction of sp³-hybridized carbons (Fsp3) is 0.318. The zero-order valence-corrected chi connectivity index (χ0v) is 17.0. The molecule has 4 aromatic rings. The molecule has 1 aromatic carbocycles. The Morgan fingerprint density at radius 2 is 1.93 bits per heavy atom. The molecular formula is C22H23N5O3. The van der Waals surface area contributed by atoms with Crippen LogP contribution in [0.2, 0.25) is 0 Å². The summed E-state index contributed by atoms with van der Waals surface area (Å²) >= 11 is 0. The Bertz CT molecular complexity index is 1200. The van der Waals surface area contributed by atoms with Gasteiger partial charge in [0.05, 0.1) is 24.9 Å². The summed E-state index contributed by atoms with van der Waals surface area (Å²) in [4.78, 5) is 16.5. The zero-order valence-electron chi connectivity index (χ0n) is 17.0. The zero-order chi connectivity index (χ0) is 20.5. The van der Waals surface area contributed by atoms with Crippen LogP contribution < -0.4 is 9.64 Å². The summed E-state index contributed by atoms with van der Waals surface area (Å²) in [5.41, 5.74) is 2.87. The van der Waals surface area contributed by atoms with Crippen LogP contribution in [0, 0.1) is 0 Å². The van der Waals surface area contributed by atoms with E-state index in [0.717, 1.165) is 46.3 Å². The molecule has 4 heterocycles. The maximum Gasteiger partial charge on any atom is 0.188 e. The Kier molecular flexibility index (Phi) is 4.94. The van der Waals surface area contributed by atoms with E-state index in [-0.39, 0.29) is 6.79 Å². The van der Waals surface area contributed by atoms with Gasteiger partial charge in [-0.15, -0.1) is 0 Å². The Morgan fingerprint density at radius 3 is 2.77 bits per heavy atom. The summed E-state index contributed by atoms with van der Waals surface area (Å²) in [6.45, 7) is 3.14. The number of nitrogens with zero attached hydrogens (tertiary/aromatic N) is 5. The van der Waals surface area contributed by atoms with Crippen LogP contribution in [-0.4, -0.2) is 59.7 Å². The van der Waals surface area contributed by atoms with E-state index in [0.29, 0.717) is 24.8 Å². The molecule has 3 aromatic heterocycles. The molecule has 1 fully saturated rings. The summed E-state index contributed by atoms with van der Waals surface area (Å²) < 4.78 is 18.2. The molecule has 8 heteroatoms. The number of benzene rings is 1. The van der Waals surface area contributed by atoms with Crippen molar-refractivity contribution in [3.63, 3.8) is 0 Å². The van der Waals surface area contributed by atoms with Crippen molar-refractivity contribution in [1.82, 2.24) is 19.5 Å². The Balaban J connectivity index is 1.71. The van der Waals surface area contributed by atoms with Crippen molar-refractivity contribution < 1.29 is 14.2 Å². The van der Waals surface area contributed by atoms with E-state index < -0.39 is 0 Å². The minimum atomic E-state index is 0.160. The SMILES string of the molecule is COCOc1cncc(-c2nc(N3CCOCC3)c3ccc4c(ccn4C)c3n2)c1. The minimum absolute atomic E-state index is 0.160. The predicted octanol–water partition coefficient (Wildman–Crippen LogP) is 3.00. The van der Waals surface area contributed by atoms with Crippen LogP contribution in [0.5, 0.6) is 5.75 Å². The molecule has 0 amide bonds. The molecule has 0 unspecified atom stereocenters. The number of methoxy groups -OCH3 is 1. The molecule has 1 saturated heterocycles. The molecular weight excluding hydrogens is 382 g/mol. The number of anilines is 1. The lowest BCUT2D eigenvalue weighted by Crippen LogP contribution is -2.37. The number of morpholine rings is 1. The summed E-state index contributed by atoms with van der Waals surface area (Å²) in [7, 11) is 3.63. The normalized spacial score (nSPS) is 14.5. The summed E-state index contributed by atoms with van der Waals surface area (Å²) in [6, 6.07) is 8.24. The summed E-state index contributed by atoms with van der Waals surface area (Å²) in [6.07, 6.45) is 5.47. The van der Waals surface area contributed by atoms with Crippen molar-refractivity contribution in [3.05, 3.63) is 42.9 Å². The first-order valence-corrected chi connectivity index (χ1v) is 9.90. The highest BCUT2D eigenvalue weighted by atomic mass is 16.7. The van der Waals surface area contributed by atoms with Gasteiger partial charge >= 0.3 is 0 Å². The third kappa shape index (κ3) is 3.34. The van der Waals surface area contributed by atoms with Gasteiger partial charge in [0, 0.05) is 61.5 Å². The van der Waals surface area contributed by atoms with Gasteiger partial charge in [-0.3, -0.25) is 4.98 Å². The Hall–Kier alpha value is -3.23. The summed E-state index contributed by atoms with van der Waals surface area (Å²) in [5, 5.41) is 2.15. The fourth-order valence-electron chi connectivity index (χ4n) is 3.82. The van der Waals surface area contributed by atoms with Crippen molar-refractivity contribution in [1.29, 1.82) is 0 Å². The molecule has 0 N–H and O–H groups in total. The van der Waals surface area contributed by atoms with E-state index >= 15 is 0 Å². The first kappa shape index (κ1) is 18.8. The molecule has 0 radical (unpaired) electrons. The van der Waals surface area contributed by atoms with Gasteiger partial charge in [-0.25, -0.2) is 9.97 Å². The largest absolute Gasteiger partial charge is 0.466 e. The van der Waals surface area contributed by atoms with Crippen LogP contribution in [-0.2, 0) is 16.5 Å². The van der Waals surface area contributed by atoms with Crippen LogP contribution in [0.15, 0.2) is 42.9 Å². The number of hydrogen-bond acceptors (Lipinski definition) is 7. The van der Waals surface area contributed by atoms with Crippen LogP contribution in [0.3, 0.4) is 0 Å². The van der Waals surface area contributed by atoms with Gasteiger partial charge in [0.15, 0.2) is 12.6 Å². The molecule has 0 bridgehead atoms. The second-order valence-corrected chi connectivity index (χ2v) is 7.25. The van der Waals surface area contributed by atoms with Gasteiger partial charge in [-0.2, -0.15) is 0 Å². The molecule has 5 rings (SSSR count). The van der Waals surface area contributed by atoms with Gasteiger partial charge in [0.25, 0.3) is 0 Å². The first-order valence-electron chi connectivity index (χ1n) is 9.90. The van der Waals surface area contributed by atoms with E-state index in [4.69, 9.17) is 24.2 Å². The number of fused-ring (bicyclic) bond motifs is 3. The highest BCUT2D eigenvalue weighted by molar-refractivity contribution is 6.08. The number of hydrogen-bond donors (Lipinski definition) is 0. The van der Waals surface area contributed by atoms with Gasteiger partial charge in [0.2, 0.25) is 0 Å². The van der Waals surface area contributed by atoms with Crippen LogP contribution in [0.25, 0.3) is 33.2 Å². The molecule has 30 heavy (non-hydrogen) atoms. The predicted molar refractivity (Wildman–Crippen MR) is 115 cm³/mol. The van der Waals surface area contributed by atoms with Gasteiger partial charge in [-0.05, 0) is 24.3 Å². The number of ether oxygens (including phenoxy) is 3. The van der Waals surface area contributed by atoms with Crippen LogP contribution >= 0.6 is 0 Å². The third-order valence-electron chi connectivity index (χ3n) is 5.33. The lowest BCUT2D eigenvalue weighted by atomic mass is 10.1. The second-order valence-electron chi connectivity index (χ2n) is 7.25. The maximum absolute atomic E-state index is 5.55. The minimum Gasteiger partial charge on any atom is -0.466 e. The van der Waals surface area contributed by atoms with Crippen LogP contribution in [0.1, 0.15) is 0 Å². The van der Waals surface area contributed by atoms with Crippen molar-refractivity contribution in [3.8, 4) is 17.1 Å². The summed E-state index contributed by atoms with van der Waals surface area (Å²) in [5.74, 6) is 2.16. The number of aryl methyl sites for hydroxylation is 1. The highest BCUT2D eigenvalue weighted by Gasteiger charge is 2.20. The number of pyridine rings is 1. The van der Waals surface area contributed by atoms with Crippen molar-refractivity contribution in [2.75, 3.05) is 45.1 Å². The highest BCUT2D eigenvalue weighted by Crippen LogP contribution is 2.33. The van der Waals surface area contributed by atoms with E-state index in [2.05, 4.69) is 38.8 Å². The quantitative estimate of drug-likeness (QED) is 0.473. The smallest absolute Gasteiger partial charge is 0.188 e. The maximum atomic E-state index is 5.55. The number of rotatable bonds is 5. The molecule has 1 aliphatic heterocycles. The van der Waals surface area contributed by atoms with Crippen LogP contribution in [0.4, 0.5) is 5.82 Å². The standard InChI is InChI=1S/C22H23N5O3/c1-26-6-5-17-19(26)4-3-18-20(17)24-21(25-22(18)27-7-9-29-10-8-27)15-11-16(13-23-12-15)30-14-28-2/h3-6,11-13H,7-10,14H2,1-2H3. The Morgan fingerprint density at radius 1 is 1.07 bits per heavy atom. The van der Waals surface area contributed by atoms with Gasteiger partial charge in [-0.1, -0.05) is 0 Å². The van der Waals surface area contributed by atoms with E-state index in [1.54, 1.807) is 19.5 Å². The van der Waals surface area contributed by atoms with E-state index in [1.807, 2.05) is 13.1 Å². The van der Waals surface area contributed by atoms with Crippen molar-refractivity contribution in [2.45, 2.75) is 0 Å². The fourth-order valence-corrected chi connectivity index (χ4v) is 3.82. The molecule has 0 saturated carbocycles. The first-order chi connectivity index (χ1) is 14.7. The average Bonchev–Trinajstić information content (AvgIpc) is 3.19. The number of aromatic nitrogens is 4. The molecule has 8 nitrogen and oxygen atoms in total. The average molecular weight is 405 g/mol. The topological polar surface area (TPSA) is 74.5 Å². The molecule has 0 aliphatic carbocycles. The van der Waals surface area contributed by atoms with Gasteiger partial charge < -0.3 is 23.7 Å². The Labute approximate surface area is 174 Å². The lowest BCUT2D eigenvalue weighted by molar-refractivity contribution is 0.0509.